The van der Waals surface area contributed by atoms with E-state index in [1.807, 2.05) is 0 Å². The molecule has 0 aromatic carbocycles. The maximum absolute atomic E-state index is 5.59. The van der Waals surface area contributed by atoms with Gasteiger partial charge in [0.05, 0.1) is 5.60 Å². The third-order valence-corrected chi connectivity index (χ3v) is 2.29. The van der Waals surface area contributed by atoms with Gasteiger partial charge in [-0.25, -0.2) is 5.84 Å². The average molecular weight is 186 g/mol. The highest BCUT2D eigenvalue weighted by Crippen LogP contribution is 2.23. The van der Waals surface area contributed by atoms with Crippen molar-refractivity contribution in [2.24, 2.45) is 10.8 Å². The van der Waals surface area contributed by atoms with Crippen LogP contribution in [-0.4, -0.2) is 31.8 Å². The Morgan fingerprint density at radius 1 is 1.69 bits per heavy atom. The number of nitrogens with two attached hydrogens (primary N) is 1. The molecule has 0 bridgehead atoms. The van der Waals surface area contributed by atoms with Crippen molar-refractivity contribution in [3.63, 3.8) is 0 Å². The molecule has 0 aliphatic carbocycles. The monoisotopic (exact) mass is 186 g/mol. The lowest BCUT2D eigenvalue weighted by molar-refractivity contribution is 0.0243. The van der Waals surface area contributed by atoms with Crippen molar-refractivity contribution < 1.29 is 4.74 Å². The molecule has 1 atom stereocenters. The maximum Gasteiger partial charge on any atom is 0.205 e. The van der Waals surface area contributed by atoms with E-state index in [1.165, 1.54) is 0 Å². The average Bonchev–Trinajstić information content (AvgIpc) is 2.55. The zero-order chi connectivity index (χ0) is 9.73. The van der Waals surface area contributed by atoms with Crippen LogP contribution in [0.4, 0.5) is 0 Å². The molecular weight excluding hydrogens is 168 g/mol. The molecule has 0 radical (unpaired) electrons. The number of aliphatic imine (C=N–C) groups is 1. The third kappa shape index (κ3) is 2.86. The first-order valence-electron chi connectivity index (χ1n) is 4.51. The molecule has 1 unspecified atom stereocenters. The van der Waals surface area contributed by atoms with Crippen molar-refractivity contribution in [3.05, 3.63) is 0 Å². The van der Waals surface area contributed by atoms with Crippen LogP contribution in [0.2, 0.25) is 0 Å². The maximum atomic E-state index is 5.59. The van der Waals surface area contributed by atoms with Crippen LogP contribution in [0.3, 0.4) is 0 Å². The lowest BCUT2D eigenvalue weighted by atomic mass is 10.0. The van der Waals surface area contributed by atoms with E-state index in [0.717, 1.165) is 26.0 Å². The number of ether oxygens (including phenoxy) is 1. The third-order valence-electron chi connectivity index (χ3n) is 2.29. The van der Waals surface area contributed by atoms with E-state index >= 15 is 0 Å². The molecule has 1 saturated heterocycles. The molecule has 0 aromatic heterocycles. The van der Waals surface area contributed by atoms with E-state index in [4.69, 9.17) is 10.6 Å². The molecule has 76 valence electrons. The number of nitrogens with zero attached hydrogens (tertiary/aromatic N) is 1. The van der Waals surface area contributed by atoms with Crippen LogP contribution >= 0.6 is 0 Å². The summed E-state index contributed by atoms with van der Waals surface area (Å²) in [6, 6.07) is 0. The zero-order valence-corrected chi connectivity index (χ0v) is 8.26. The number of rotatable bonds is 2. The minimum atomic E-state index is -0.0627. The molecule has 13 heavy (non-hydrogen) atoms. The normalized spacial score (nSPS) is 29.0. The van der Waals surface area contributed by atoms with Crippen molar-refractivity contribution in [2.45, 2.75) is 25.4 Å². The Morgan fingerprint density at radius 3 is 2.92 bits per heavy atom. The van der Waals surface area contributed by atoms with Gasteiger partial charge in [-0.2, -0.15) is 0 Å². The van der Waals surface area contributed by atoms with E-state index in [-0.39, 0.29) is 5.60 Å². The molecule has 5 heteroatoms. The number of nitrogens with one attached hydrogen (secondary N) is 2. The highest BCUT2D eigenvalue weighted by atomic mass is 16.5. The molecule has 0 saturated carbocycles. The number of hydrogen-bond donors (Lipinski definition) is 3. The lowest BCUT2D eigenvalue weighted by Crippen LogP contribution is -2.47. The Hall–Kier alpha value is -0.810. The van der Waals surface area contributed by atoms with Crippen molar-refractivity contribution in [1.29, 1.82) is 0 Å². The van der Waals surface area contributed by atoms with Crippen LogP contribution in [0.5, 0.6) is 0 Å². The highest BCUT2D eigenvalue weighted by molar-refractivity contribution is 5.78. The van der Waals surface area contributed by atoms with Crippen molar-refractivity contribution >= 4 is 5.96 Å². The summed E-state index contributed by atoms with van der Waals surface area (Å²) in [4.78, 5) is 3.91. The fourth-order valence-corrected chi connectivity index (χ4v) is 1.44. The topological polar surface area (TPSA) is 71.7 Å². The second-order valence-corrected chi connectivity index (χ2v) is 3.47. The van der Waals surface area contributed by atoms with E-state index in [9.17, 15) is 0 Å². The van der Waals surface area contributed by atoms with Gasteiger partial charge < -0.3 is 10.1 Å². The van der Waals surface area contributed by atoms with Crippen molar-refractivity contribution in [2.75, 3.05) is 20.2 Å². The molecule has 0 spiro atoms. The van der Waals surface area contributed by atoms with Gasteiger partial charge in [-0.05, 0) is 19.8 Å². The fourth-order valence-electron chi connectivity index (χ4n) is 1.44. The predicted molar refractivity (Wildman–Crippen MR) is 52.3 cm³/mol. The first-order chi connectivity index (χ1) is 6.20. The summed E-state index contributed by atoms with van der Waals surface area (Å²) in [7, 11) is 1.68. The summed E-state index contributed by atoms with van der Waals surface area (Å²) >= 11 is 0. The first-order valence-corrected chi connectivity index (χ1v) is 4.51. The fraction of sp³-hybridized carbons (Fsp3) is 0.875. The van der Waals surface area contributed by atoms with Gasteiger partial charge in [-0.15, -0.1) is 0 Å². The van der Waals surface area contributed by atoms with Crippen LogP contribution in [-0.2, 0) is 4.74 Å². The summed E-state index contributed by atoms with van der Waals surface area (Å²) in [5.41, 5.74) is 2.41. The number of guanidine groups is 1. The molecule has 1 fully saturated rings. The molecule has 1 aliphatic heterocycles. The van der Waals surface area contributed by atoms with Gasteiger partial charge in [0.25, 0.3) is 0 Å². The Morgan fingerprint density at radius 2 is 2.46 bits per heavy atom. The predicted octanol–water partition coefficient (Wildman–Crippen LogP) is -0.406. The van der Waals surface area contributed by atoms with Gasteiger partial charge >= 0.3 is 0 Å². The molecule has 1 rings (SSSR count). The van der Waals surface area contributed by atoms with Crippen molar-refractivity contribution in [1.82, 2.24) is 10.7 Å². The largest absolute Gasteiger partial charge is 0.373 e. The number of hydrogen-bond acceptors (Lipinski definition) is 3. The van der Waals surface area contributed by atoms with Gasteiger partial charge in [0.1, 0.15) is 0 Å². The SMILES string of the molecule is CN=C(NN)NCC1(C)CCCO1. The summed E-state index contributed by atoms with van der Waals surface area (Å²) in [5, 5.41) is 3.09. The summed E-state index contributed by atoms with van der Waals surface area (Å²) in [6.45, 7) is 3.69. The molecule has 1 aliphatic rings. The minimum Gasteiger partial charge on any atom is -0.373 e. The standard InChI is InChI=1S/C8H18N4O/c1-8(4-3-5-13-8)6-11-7(10-2)12-9/h3-6,9H2,1-2H3,(H2,10,11,12). The minimum absolute atomic E-state index is 0.0627. The highest BCUT2D eigenvalue weighted by Gasteiger charge is 2.29. The Kier molecular flexibility index (Phi) is 3.50. The Bertz CT molecular complexity index is 187. The van der Waals surface area contributed by atoms with Gasteiger partial charge in [-0.3, -0.25) is 10.4 Å². The van der Waals surface area contributed by atoms with Crippen LogP contribution in [0, 0.1) is 0 Å². The van der Waals surface area contributed by atoms with Crippen molar-refractivity contribution in [3.8, 4) is 0 Å². The van der Waals surface area contributed by atoms with E-state index in [1.54, 1.807) is 7.05 Å². The molecular formula is C8H18N4O. The summed E-state index contributed by atoms with van der Waals surface area (Å²) in [5.74, 6) is 5.82. The van der Waals surface area contributed by atoms with E-state index in [0.29, 0.717) is 5.96 Å². The quantitative estimate of drug-likeness (QED) is 0.237. The second kappa shape index (κ2) is 4.43. The zero-order valence-electron chi connectivity index (χ0n) is 8.26. The second-order valence-electron chi connectivity index (χ2n) is 3.47. The molecule has 1 heterocycles. The van der Waals surface area contributed by atoms with E-state index in [2.05, 4.69) is 22.7 Å². The van der Waals surface area contributed by atoms with Crippen LogP contribution in [0.25, 0.3) is 0 Å². The van der Waals surface area contributed by atoms with Crippen LogP contribution < -0.4 is 16.6 Å². The number of hydrazine groups is 1. The van der Waals surface area contributed by atoms with Gasteiger partial charge in [0, 0.05) is 20.2 Å². The van der Waals surface area contributed by atoms with Crippen LogP contribution in [0.1, 0.15) is 19.8 Å². The summed E-state index contributed by atoms with van der Waals surface area (Å²) < 4.78 is 5.59. The van der Waals surface area contributed by atoms with Gasteiger partial charge in [0.15, 0.2) is 0 Å². The summed E-state index contributed by atoms with van der Waals surface area (Å²) in [6.07, 6.45) is 2.22. The molecule has 5 nitrogen and oxygen atoms in total. The molecule has 0 aromatic rings. The molecule has 0 amide bonds. The van der Waals surface area contributed by atoms with Gasteiger partial charge in [0.2, 0.25) is 5.96 Å². The van der Waals surface area contributed by atoms with Gasteiger partial charge in [-0.1, -0.05) is 0 Å². The Labute approximate surface area is 78.7 Å². The van der Waals surface area contributed by atoms with E-state index < -0.39 is 0 Å². The molecule has 4 N–H and O–H groups in total. The Balaban J connectivity index is 2.32. The lowest BCUT2D eigenvalue weighted by Gasteiger charge is -2.24. The van der Waals surface area contributed by atoms with Crippen LogP contribution in [0.15, 0.2) is 4.99 Å². The first kappa shape index (κ1) is 10.3. The smallest absolute Gasteiger partial charge is 0.205 e.